The molecule has 0 unspecified atom stereocenters. The van der Waals surface area contributed by atoms with Crippen LogP contribution in [0.1, 0.15) is 31.2 Å². The first-order valence-corrected chi connectivity index (χ1v) is 12.4. The van der Waals surface area contributed by atoms with Gasteiger partial charge in [0.25, 0.3) is 0 Å². The van der Waals surface area contributed by atoms with Gasteiger partial charge < -0.3 is 9.64 Å². The minimum Gasteiger partial charge on any atom is -0.378 e. The number of pyridine rings is 2. The topological polar surface area (TPSA) is 87.7 Å². The first kappa shape index (κ1) is 22.1. The number of morpholine rings is 1. The van der Waals surface area contributed by atoms with Crippen LogP contribution < -0.4 is 9.62 Å². The third-order valence-electron chi connectivity index (χ3n) is 6.16. The zero-order valence-electron chi connectivity index (χ0n) is 18.0. The van der Waals surface area contributed by atoms with Crippen molar-refractivity contribution in [1.29, 1.82) is 0 Å². The lowest BCUT2D eigenvalue weighted by atomic mass is 9.91. The number of anilines is 1. The van der Waals surface area contributed by atoms with E-state index in [2.05, 4.69) is 37.6 Å². The SMILES string of the molecule is CN(Cc1cccnc1)C1CCC(NS(=O)(=O)c2ccc(N3CCOCC3)nc2)CC1. The number of hydrogen-bond acceptors (Lipinski definition) is 7. The smallest absolute Gasteiger partial charge is 0.242 e. The van der Waals surface area contributed by atoms with Crippen molar-refractivity contribution in [2.45, 2.75) is 49.2 Å². The Morgan fingerprint density at radius 2 is 1.90 bits per heavy atom. The molecule has 1 aliphatic heterocycles. The van der Waals surface area contributed by atoms with E-state index in [1.165, 1.54) is 11.8 Å². The van der Waals surface area contributed by atoms with E-state index >= 15 is 0 Å². The fourth-order valence-electron chi connectivity index (χ4n) is 4.34. The van der Waals surface area contributed by atoms with Crippen molar-refractivity contribution < 1.29 is 13.2 Å². The van der Waals surface area contributed by atoms with Gasteiger partial charge in [0.2, 0.25) is 10.0 Å². The summed E-state index contributed by atoms with van der Waals surface area (Å²) in [5.41, 5.74) is 1.20. The highest BCUT2D eigenvalue weighted by Crippen LogP contribution is 2.25. The van der Waals surface area contributed by atoms with Crippen molar-refractivity contribution in [3.05, 3.63) is 48.4 Å². The van der Waals surface area contributed by atoms with Crippen molar-refractivity contribution in [2.24, 2.45) is 0 Å². The van der Waals surface area contributed by atoms with Gasteiger partial charge >= 0.3 is 0 Å². The van der Waals surface area contributed by atoms with Crippen LogP contribution in [0.3, 0.4) is 0 Å². The molecule has 9 heteroatoms. The molecule has 8 nitrogen and oxygen atoms in total. The van der Waals surface area contributed by atoms with E-state index in [0.717, 1.165) is 51.1 Å². The maximum atomic E-state index is 12.8. The van der Waals surface area contributed by atoms with E-state index in [4.69, 9.17) is 4.74 Å². The van der Waals surface area contributed by atoms with Gasteiger partial charge in [-0.2, -0.15) is 0 Å². The quantitative estimate of drug-likeness (QED) is 0.698. The number of hydrogen-bond donors (Lipinski definition) is 1. The largest absolute Gasteiger partial charge is 0.378 e. The molecule has 0 atom stereocenters. The molecule has 31 heavy (non-hydrogen) atoms. The molecule has 2 aromatic heterocycles. The van der Waals surface area contributed by atoms with Crippen LogP contribution in [-0.4, -0.2) is 68.7 Å². The zero-order chi connectivity index (χ0) is 21.7. The van der Waals surface area contributed by atoms with Crippen LogP contribution in [0, 0.1) is 0 Å². The van der Waals surface area contributed by atoms with Crippen LogP contribution >= 0.6 is 0 Å². The minimum atomic E-state index is -3.57. The van der Waals surface area contributed by atoms with Crippen LogP contribution in [0.5, 0.6) is 0 Å². The first-order chi connectivity index (χ1) is 15.0. The molecular weight excluding hydrogens is 414 g/mol. The molecule has 1 saturated heterocycles. The number of rotatable bonds is 7. The highest BCUT2D eigenvalue weighted by molar-refractivity contribution is 7.89. The summed E-state index contributed by atoms with van der Waals surface area (Å²) in [5.74, 6) is 0.791. The molecule has 0 spiro atoms. The predicted molar refractivity (Wildman–Crippen MR) is 119 cm³/mol. The van der Waals surface area contributed by atoms with Crippen molar-refractivity contribution in [1.82, 2.24) is 19.6 Å². The second-order valence-electron chi connectivity index (χ2n) is 8.35. The normalized spacial score (nSPS) is 22.6. The number of nitrogens with one attached hydrogen (secondary N) is 1. The monoisotopic (exact) mass is 445 g/mol. The van der Waals surface area contributed by atoms with Gasteiger partial charge in [0.15, 0.2) is 0 Å². The summed E-state index contributed by atoms with van der Waals surface area (Å²) < 4.78 is 33.9. The average molecular weight is 446 g/mol. The third kappa shape index (κ3) is 5.79. The Kier molecular flexibility index (Phi) is 7.16. The number of sulfonamides is 1. The highest BCUT2D eigenvalue weighted by atomic mass is 32.2. The Morgan fingerprint density at radius 1 is 1.13 bits per heavy atom. The van der Waals surface area contributed by atoms with Gasteiger partial charge in [-0.3, -0.25) is 9.88 Å². The van der Waals surface area contributed by atoms with E-state index in [-0.39, 0.29) is 10.9 Å². The summed E-state index contributed by atoms with van der Waals surface area (Å²) in [6.45, 7) is 3.74. The van der Waals surface area contributed by atoms with Gasteiger partial charge in [0.1, 0.15) is 10.7 Å². The van der Waals surface area contributed by atoms with E-state index in [0.29, 0.717) is 19.3 Å². The molecule has 168 valence electrons. The van der Waals surface area contributed by atoms with Crippen LogP contribution in [0.25, 0.3) is 0 Å². The van der Waals surface area contributed by atoms with Crippen LogP contribution in [0.4, 0.5) is 5.82 Å². The summed E-state index contributed by atoms with van der Waals surface area (Å²) >= 11 is 0. The molecular formula is C22H31N5O3S. The number of nitrogens with zero attached hydrogens (tertiary/aromatic N) is 4. The molecule has 0 amide bonds. The number of ether oxygens (including phenoxy) is 1. The second-order valence-corrected chi connectivity index (χ2v) is 10.1. The fourth-order valence-corrected chi connectivity index (χ4v) is 5.59. The summed E-state index contributed by atoms with van der Waals surface area (Å²) in [6.07, 6.45) is 8.75. The predicted octanol–water partition coefficient (Wildman–Crippen LogP) is 2.03. The van der Waals surface area contributed by atoms with Gasteiger partial charge in [-0.15, -0.1) is 0 Å². The third-order valence-corrected chi connectivity index (χ3v) is 7.67. The van der Waals surface area contributed by atoms with Crippen molar-refractivity contribution in [3.8, 4) is 0 Å². The maximum absolute atomic E-state index is 12.8. The summed E-state index contributed by atoms with van der Waals surface area (Å²) in [7, 11) is -1.44. The lowest BCUT2D eigenvalue weighted by Gasteiger charge is -2.34. The Balaban J connectivity index is 1.29. The van der Waals surface area contributed by atoms with Crippen LogP contribution in [0.2, 0.25) is 0 Å². The molecule has 3 heterocycles. The summed E-state index contributed by atoms with van der Waals surface area (Å²) in [5, 5.41) is 0. The lowest BCUT2D eigenvalue weighted by molar-refractivity contribution is 0.122. The Labute approximate surface area is 184 Å². The van der Waals surface area contributed by atoms with Crippen molar-refractivity contribution >= 4 is 15.8 Å². The standard InChI is InChI=1S/C22H31N5O3S/c1-26(17-18-3-2-10-23-15-18)20-6-4-19(5-7-20)25-31(28,29)21-8-9-22(24-16-21)27-11-13-30-14-12-27/h2-3,8-10,15-16,19-20,25H,4-7,11-14,17H2,1H3. The van der Waals surface area contributed by atoms with Crippen molar-refractivity contribution in [3.63, 3.8) is 0 Å². The Hall–Kier alpha value is -2.07. The molecule has 0 radical (unpaired) electrons. The summed E-state index contributed by atoms with van der Waals surface area (Å²) in [4.78, 5) is 13.2. The van der Waals surface area contributed by atoms with Gasteiger partial charge in [-0.25, -0.2) is 18.1 Å². The molecule has 1 N–H and O–H groups in total. The molecule has 0 aromatic carbocycles. The van der Waals surface area contributed by atoms with Crippen molar-refractivity contribution in [2.75, 3.05) is 38.3 Å². The maximum Gasteiger partial charge on any atom is 0.242 e. The minimum absolute atomic E-state index is 0.0352. The lowest BCUT2D eigenvalue weighted by Crippen LogP contribution is -2.42. The second kappa shape index (κ2) is 10.0. The molecule has 2 aliphatic rings. The van der Waals surface area contributed by atoms with Gasteiger partial charge in [0.05, 0.1) is 13.2 Å². The van der Waals surface area contributed by atoms with Gasteiger partial charge in [-0.1, -0.05) is 6.07 Å². The molecule has 1 saturated carbocycles. The first-order valence-electron chi connectivity index (χ1n) is 10.9. The zero-order valence-corrected chi connectivity index (χ0v) is 18.8. The average Bonchev–Trinajstić information content (AvgIpc) is 2.81. The van der Waals surface area contributed by atoms with E-state index in [1.54, 1.807) is 18.3 Å². The molecule has 4 rings (SSSR count). The van der Waals surface area contributed by atoms with E-state index < -0.39 is 10.0 Å². The number of aromatic nitrogens is 2. The van der Waals surface area contributed by atoms with Crippen LogP contribution in [0.15, 0.2) is 47.8 Å². The summed E-state index contributed by atoms with van der Waals surface area (Å²) in [6, 6.07) is 7.89. The Bertz CT molecular complexity index is 925. The molecule has 2 fully saturated rings. The van der Waals surface area contributed by atoms with Gasteiger partial charge in [-0.05, 0) is 56.5 Å². The van der Waals surface area contributed by atoms with Crippen LogP contribution in [-0.2, 0) is 21.3 Å². The van der Waals surface area contributed by atoms with Gasteiger partial charge in [0, 0.05) is 50.3 Å². The highest BCUT2D eigenvalue weighted by Gasteiger charge is 2.28. The molecule has 1 aliphatic carbocycles. The fraction of sp³-hybridized carbons (Fsp3) is 0.545. The van der Waals surface area contributed by atoms with E-state index in [9.17, 15) is 8.42 Å². The molecule has 0 bridgehead atoms. The van der Waals surface area contributed by atoms with E-state index in [1.807, 2.05) is 12.3 Å². The Morgan fingerprint density at radius 3 is 2.55 bits per heavy atom. The molecule has 2 aromatic rings.